The number of benzene rings is 1. The molecule has 0 aliphatic rings. The number of hydrogen-bond donors (Lipinski definition) is 2. The number of methoxy groups -OCH3 is 1. The topological polar surface area (TPSA) is 38.3 Å². The largest absolute Gasteiger partial charge is 0.496 e. The molecule has 0 radical (unpaired) electrons. The van der Waals surface area contributed by atoms with E-state index >= 15 is 0 Å². The molecule has 0 spiro atoms. The van der Waals surface area contributed by atoms with Crippen LogP contribution in [-0.4, -0.2) is 12.3 Å². The maximum absolute atomic E-state index is 10.8. The summed E-state index contributed by atoms with van der Waals surface area (Å²) in [5, 5.41) is 2.27. The van der Waals surface area contributed by atoms with Crippen LogP contribution in [0, 0.1) is 13.8 Å². The van der Waals surface area contributed by atoms with Crippen LogP contribution < -0.4 is 10.1 Å². The van der Waals surface area contributed by atoms with Gasteiger partial charge in [-0.05, 0) is 37.1 Å². The molecular weight excluding hydrogens is 198 g/mol. The van der Waals surface area contributed by atoms with Crippen molar-refractivity contribution >= 4 is 23.6 Å². The van der Waals surface area contributed by atoms with Crippen LogP contribution in [0.15, 0.2) is 12.1 Å². The number of hydrogen-bond acceptors (Lipinski definition) is 2. The van der Waals surface area contributed by atoms with Gasteiger partial charge in [-0.25, -0.2) is 0 Å². The van der Waals surface area contributed by atoms with Crippen molar-refractivity contribution in [2.75, 3.05) is 12.4 Å². The first-order valence-corrected chi connectivity index (χ1v) is 4.64. The van der Waals surface area contributed by atoms with Gasteiger partial charge in [0.15, 0.2) is 0 Å². The smallest absolute Gasteiger partial charge is 0.280 e. The molecule has 0 saturated carbocycles. The Balaban J connectivity index is 3.08. The first-order valence-electron chi connectivity index (χ1n) is 4.19. The fraction of sp³-hybridized carbons (Fsp3) is 0.300. The Morgan fingerprint density at radius 3 is 2.50 bits per heavy atom. The summed E-state index contributed by atoms with van der Waals surface area (Å²) >= 11 is 3.66. The van der Waals surface area contributed by atoms with E-state index in [1.54, 1.807) is 7.11 Å². The molecule has 0 saturated heterocycles. The van der Waals surface area contributed by atoms with Crippen LogP contribution >= 0.6 is 12.6 Å². The second-order valence-corrected chi connectivity index (χ2v) is 3.47. The van der Waals surface area contributed by atoms with Crippen LogP contribution in [0.25, 0.3) is 0 Å². The normalized spacial score (nSPS) is 9.71. The summed E-state index contributed by atoms with van der Waals surface area (Å²) in [6.07, 6.45) is 0. The zero-order valence-corrected chi connectivity index (χ0v) is 9.31. The summed E-state index contributed by atoms with van der Waals surface area (Å²) in [6, 6.07) is 3.75. The molecular formula is C10H13NO2S. The number of aryl methyl sites for hydroxylation is 2. The number of carbonyl (C=O) groups excluding carboxylic acids is 1. The number of ether oxygens (including phenoxy) is 1. The van der Waals surface area contributed by atoms with Crippen molar-refractivity contribution < 1.29 is 9.53 Å². The third-order valence-electron chi connectivity index (χ3n) is 1.98. The molecule has 1 aromatic rings. The predicted molar refractivity (Wildman–Crippen MR) is 60.5 cm³/mol. The lowest BCUT2D eigenvalue weighted by Gasteiger charge is -2.10. The zero-order chi connectivity index (χ0) is 10.7. The maximum Gasteiger partial charge on any atom is 0.280 e. The van der Waals surface area contributed by atoms with E-state index in [0.717, 1.165) is 22.6 Å². The molecule has 0 aromatic heterocycles. The van der Waals surface area contributed by atoms with Crippen LogP contribution in [0.2, 0.25) is 0 Å². The molecule has 0 aliphatic heterocycles. The Morgan fingerprint density at radius 2 is 2.00 bits per heavy atom. The quantitative estimate of drug-likeness (QED) is 0.738. The molecule has 14 heavy (non-hydrogen) atoms. The molecule has 1 rings (SSSR count). The Hall–Kier alpha value is -1.16. The Bertz CT molecular complexity index is 363. The molecule has 0 bridgehead atoms. The minimum Gasteiger partial charge on any atom is -0.496 e. The fourth-order valence-corrected chi connectivity index (χ4v) is 1.38. The highest BCUT2D eigenvalue weighted by atomic mass is 32.1. The lowest BCUT2D eigenvalue weighted by Crippen LogP contribution is -2.03. The molecule has 1 N–H and O–H groups in total. The van der Waals surface area contributed by atoms with Crippen molar-refractivity contribution in [1.82, 2.24) is 0 Å². The monoisotopic (exact) mass is 211 g/mol. The summed E-state index contributed by atoms with van der Waals surface area (Å²) in [6.45, 7) is 3.83. The van der Waals surface area contributed by atoms with E-state index in [1.807, 2.05) is 26.0 Å². The van der Waals surface area contributed by atoms with Gasteiger partial charge in [0.25, 0.3) is 5.24 Å². The molecule has 3 nitrogen and oxygen atoms in total. The van der Waals surface area contributed by atoms with E-state index in [1.165, 1.54) is 0 Å². The van der Waals surface area contributed by atoms with Gasteiger partial charge in [0, 0.05) is 5.69 Å². The van der Waals surface area contributed by atoms with Crippen LogP contribution in [0.3, 0.4) is 0 Å². The number of anilines is 1. The molecule has 0 aliphatic carbocycles. The third-order valence-corrected chi connectivity index (χ3v) is 2.10. The molecule has 4 heteroatoms. The van der Waals surface area contributed by atoms with Crippen molar-refractivity contribution in [3.8, 4) is 5.75 Å². The summed E-state index contributed by atoms with van der Waals surface area (Å²) in [7, 11) is 1.62. The summed E-state index contributed by atoms with van der Waals surface area (Å²) < 4.78 is 5.15. The number of thiol groups is 1. The number of nitrogens with one attached hydrogen (secondary N) is 1. The SMILES string of the molecule is COc1cc(C)c(NC(=O)S)cc1C. The van der Waals surface area contributed by atoms with Crippen molar-refractivity contribution in [3.05, 3.63) is 23.3 Å². The predicted octanol–water partition coefficient (Wildman–Crippen LogP) is 2.77. The average Bonchev–Trinajstić information content (AvgIpc) is 2.10. The minimum atomic E-state index is -0.363. The molecule has 76 valence electrons. The van der Waals surface area contributed by atoms with Gasteiger partial charge in [-0.2, -0.15) is 0 Å². The average molecular weight is 211 g/mol. The minimum absolute atomic E-state index is 0.363. The summed E-state index contributed by atoms with van der Waals surface area (Å²) in [4.78, 5) is 10.8. The lowest BCUT2D eigenvalue weighted by atomic mass is 10.1. The molecule has 0 unspecified atom stereocenters. The molecule has 0 atom stereocenters. The second kappa shape index (κ2) is 4.37. The van der Waals surface area contributed by atoms with Gasteiger partial charge in [-0.1, -0.05) is 12.6 Å². The Kier molecular flexibility index (Phi) is 3.41. The third kappa shape index (κ3) is 2.42. The van der Waals surface area contributed by atoms with Crippen molar-refractivity contribution in [2.24, 2.45) is 0 Å². The Labute approximate surface area is 88.9 Å². The number of rotatable bonds is 2. The highest BCUT2D eigenvalue weighted by Crippen LogP contribution is 2.25. The van der Waals surface area contributed by atoms with Gasteiger partial charge >= 0.3 is 0 Å². The summed E-state index contributed by atoms with van der Waals surface area (Å²) in [5.74, 6) is 0.819. The van der Waals surface area contributed by atoms with Crippen LogP contribution in [0.5, 0.6) is 5.75 Å². The Morgan fingerprint density at radius 1 is 1.36 bits per heavy atom. The number of amides is 1. The number of carbonyl (C=O) groups is 1. The van der Waals surface area contributed by atoms with E-state index in [0.29, 0.717) is 0 Å². The van der Waals surface area contributed by atoms with Gasteiger partial charge in [0.2, 0.25) is 0 Å². The fourth-order valence-electron chi connectivity index (χ4n) is 1.26. The van der Waals surface area contributed by atoms with Crippen LogP contribution in [0.4, 0.5) is 10.5 Å². The standard InChI is InChI=1S/C10H13NO2S/c1-6-5-9(13-3)7(2)4-8(6)11-10(12)14/h4-5H,1-3H3,(H2,11,12,14). The van der Waals surface area contributed by atoms with E-state index in [-0.39, 0.29) is 5.24 Å². The van der Waals surface area contributed by atoms with Gasteiger partial charge < -0.3 is 10.1 Å². The first kappa shape index (κ1) is 10.9. The lowest BCUT2D eigenvalue weighted by molar-refractivity contribution is 0.270. The van der Waals surface area contributed by atoms with E-state index in [2.05, 4.69) is 17.9 Å². The van der Waals surface area contributed by atoms with Crippen molar-refractivity contribution in [1.29, 1.82) is 0 Å². The molecule has 0 heterocycles. The van der Waals surface area contributed by atoms with E-state index < -0.39 is 0 Å². The van der Waals surface area contributed by atoms with Gasteiger partial charge in [0.05, 0.1) is 7.11 Å². The van der Waals surface area contributed by atoms with E-state index in [4.69, 9.17) is 4.74 Å². The van der Waals surface area contributed by atoms with Gasteiger partial charge in [0.1, 0.15) is 5.75 Å². The van der Waals surface area contributed by atoms with E-state index in [9.17, 15) is 4.79 Å². The van der Waals surface area contributed by atoms with Crippen molar-refractivity contribution in [3.63, 3.8) is 0 Å². The van der Waals surface area contributed by atoms with Gasteiger partial charge in [-0.15, -0.1) is 0 Å². The molecule has 1 amide bonds. The second-order valence-electron chi connectivity index (χ2n) is 3.07. The molecule has 1 aromatic carbocycles. The van der Waals surface area contributed by atoms with Crippen LogP contribution in [0.1, 0.15) is 11.1 Å². The molecule has 0 fully saturated rings. The first-order chi connectivity index (χ1) is 6.54. The zero-order valence-electron chi connectivity index (χ0n) is 8.42. The highest BCUT2D eigenvalue weighted by Gasteiger charge is 2.05. The maximum atomic E-state index is 10.8. The van der Waals surface area contributed by atoms with Crippen LogP contribution in [-0.2, 0) is 0 Å². The summed E-state index contributed by atoms with van der Waals surface area (Å²) in [5.41, 5.74) is 2.70. The van der Waals surface area contributed by atoms with Crippen molar-refractivity contribution in [2.45, 2.75) is 13.8 Å². The van der Waals surface area contributed by atoms with Gasteiger partial charge in [-0.3, -0.25) is 4.79 Å². The highest BCUT2D eigenvalue weighted by molar-refractivity contribution is 7.96.